The van der Waals surface area contributed by atoms with Crippen molar-refractivity contribution < 1.29 is 4.74 Å². The number of hydrogen-bond donors (Lipinski definition) is 0. The summed E-state index contributed by atoms with van der Waals surface area (Å²) in [6.07, 6.45) is 7.07. The number of ether oxygens (including phenoxy) is 1. The minimum absolute atomic E-state index is 0.287. The summed E-state index contributed by atoms with van der Waals surface area (Å²) in [7, 11) is 0. The van der Waals surface area contributed by atoms with Crippen molar-refractivity contribution in [3.63, 3.8) is 0 Å². The van der Waals surface area contributed by atoms with E-state index in [1.54, 1.807) is 0 Å². The van der Waals surface area contributed by atoms with Crippen molar-refractivity contribution in [2.45, 2.75) is 38.3 Å². The highest BCUT2D eigenvalue weighted by molar-refractivity contribution is 5.59. The van der Waals surface area contributed by atoms with E-state index in [0.29, 0.717) is 5.92 Å². The third kappa shape index (κ3) is 3.20. The Kier molecular flexibility index (Phi) is 3.65. The normalized spacial score (nSPS) is 20.6. The highest BCUT2D eigenvalue weighted by Crippen LogP contribution is 2.27. The molecule has 0 spiro atoms. The SMILES string of the molecule is C(#CC1CC1)c1ccc(-c2cn(C[C@H]3CCCO3)nn2)cc1. The molecule has 22 heavy (non-hydrogen) atoms. The van der Waals surface area contributed by atoms with E-state index in [9.17, 15) is 0 Å². The summed E-state index contributed by atoms with van der Waals surface area (Å²) in [6, 6.07) is 8.25. The van der Waals surface area contributed by atoms with Gasteiger partial charge in [-0.05, 0) is 37.8 Å². The van der Waals surface area contributed by atoms with Gasteiger partial charge in [0.1, 0.15) is 5.69 Å². The second-order valence-corrected chi connectivity index (χ2v) is 6.08. The number of rotatable bonds is 3. The maximum atomic E-state index is 5.63. The van der Waals surface area contributed by atoms with Crippen LogP contribution in [0.1, 0.15) is 31.2 Å². The van der Waals surface area contributed by atoms with Crippen molar-refractivity contribution in [2.75, 3.05) is 6.61 Å². The predicted octanol–water partition coefficient (Wildman–Crippen LogP) is 2.89. The van der Waals surface area contributed by atoms with E-state index in [4.69, 9.17) is 4.74 Å². The fraction of sp³-hybridized carbons (Fsp3) is 0.444. The van der Waals surface area contributed by atoms with Crippen LogP contribution < -0.4 is 0 Å². The molecule has 2 aromatic rings. The van der Waals surface area contributed by atoms with E-state index in [0.717, 1.165) is 42.8 Å². The van der Waals surface area contributed by atoms with Gasteiger partial charge in [0.25, 0.3) is 0 Å². The lowest BCUT2D eigenvalue weighted by molar-refractivity contribution is 0.0935. The molecule has 0 N–H and O–H groups in total. The van der Waals surface area contributed by atoms with E-state index >= 15 is 0 Å². The topological polar surface area (TPSA) is 39.9 Å². The van der Waals surface area contributed by atoms with E-state index in [2.05, 4.69) is 46.4 Å². The fourth-order valence-corrected chi connectivity index (χ4v) is 2.65. The molecule has 1 saturated heterocycles. The van der Waals surface area contributed by atoms with Crippen LogP contribution in [0.15, 0.2) is 30.5 Å². The summed E-state index contributed by atoms with van der Waals surface area (Å²) in [6.45, 7) is 1.66. The summed E-state index contributed by atoms with van der Waals surface area (Å²) in [5, 5.41) is 8.47. The van der Waals surface area contributed by atoms with Gasteiger partial charge in [-0.2, -0.15) is 0 Å². The van der Waals surface area contributed by atoms with Crippen LogP contribution in [0.2, 0.25) is 0 Å². The van der Waals surface area contributed by atoms with Crippen LogP contribution in [-0.4, -0.2) is 27.7 Å². The van der Waals surface area contributed by atoms with Crippen molar-refractivity contribution in [2.24, 2.45) is 5.92 Å². The molecule has 4 nitrogen and oxygen atoms in total. The molecule has 0 radical (unpaired) electrons. The third-order valence-electron chi connectivity index (χ3n) is 4.13. The summed E-state index contributed by atoms with van der Waals surface area (Å²) in [5.41, 5.74) is 3.05. The smallest absolute Gasteiger partial charge is 0.113 e. The Balaban J connectivity index is 1.44. The van der Waals surface area contributed by atoms with Crippen molar-refractivity contribution in [1.29, 1.82) is 0 Å². The van der Waals surface area contributed by atoms with Crippen LogP contribution >= 0.6 is 0 Å². The number of benzene rings is 1. The Morgan fingerprint density at radius 2 is 2.05 bits per heavy atom. The molecule has 0 unspecified atom stereocenters. The van der Waals surface area contributed by atoms with E-state index in [-0.39, 0.29) is 6.10 Å². The predicted molar refractivity (Wildman–Crippen MR) is 84.0 cm³/mol. The van der Waals surface area contributed by atoms with E-state index in [1.165, 1.54) is 12.8 Å². The highest BCUT2D eigenvalue weighted by atomic mass is 16.5. The molecule has 1 aromatic heterocycles. The number of hydrogen-bond acceptors (Lipinski definition) is 3. The minimum Gasteiger partial charge on any atom is -0.376 e. The second-order valence-electron chi connectivity index (χ2n) is 6.08. The van der Waals surface area contributed by atoms with Gasteiger partial charge in [0, 0.05) is 23.7 Å². The second kappa shape index (κ2) is 5.94. The Hall–Kier alpha value is -2.12. The fourth-order valence-electron chi connectivity index (χ4n) is 2.65. The van der Waals surface area contributed by atoms with Gasteiger partial charge < -0.3 is 4.74 Å². The van der Waals surface area contributed by atoms with Crippen LogP contribution in [0.4, 0.5) is 0 Å². The van der Waals surface area contributed by atoms with Crippen molar-refractivity contribution >= 4 is 0 Å². The zero-order chi connectivity index (χ0) is 14.8. The van der Waals surface area contributed by atoms with Gasteiger partial charge >= 0.3 is 0 Å². The average Bonchev–Trinajstić information content (AvgIpc) is 3.03. The lowest BCUT2D eigenvalue weighted by Gasteiger charge is -2.07. The van der Waals surface area contributed by atoms with Gasteiger partial charge in [0.15, 0.2) is 0 Å². The van der Waals surface area contributed by atoms with Crippen LogP contribution in [0.3, 0.4) is 0 Å². The standard InChI is InChI=1S/C18H19N3O/c1-2-17(22-11-1)12-21-13-18(19-20-21)16-9-7-15(8-10-16)6-5-14-3-4-14/h7-10,13-14,17H,1-4,11-12H2/t17-/m1/s1. The summed E-state index contributed by atoms with van der Waals surface area (Å²) >= 11 is 0. The molecule has 2 heterocycles. The number of nitrogens with zero attached hydrogens (tertiary/aromatic N) is 3. The zero-order valence-corrected chi connectivity index (χ0v) is 12.5. The van der Waals surface area contributed by atoms with Gasteiger partial charge in [0.05, 0.1) is 18.8 Å². The van der Waals surface area contributed by atoms with E-state index in [1.807, 2.05) is 10.9 Å². The first kappa shape index (κ1) is 13.5. The van der Waals surface area contributed by atoms with Gasteiger partial charge in [-0.1, -0.05) is 29.2 Å². The zero-order valence-electron chi connectivity index (χ0n) is 12.5. The average molecular weight is 293 g/mol. The van der Waals surface area contributed by atoms with Crippen molar-refractivity contribution in [3.05, 3.63) is 36.0 Å². The van der Waals surface area contributed by atoms with Crippen LogP contribution in [0.25, 0.3) is 11.3 Å². The van der Waals surface area contributed by atoms with Crippen LogP contribution in [0.5, 0.6) is 0 Å². The molecule has 1 atom stereocenters. The Bertz CT molecular complexity index is 698. The molecule has 2 aliphatic rings. The molecular weight excluding hydrogens is 274 g/mol. The molecular formula is C18H19N3O. The molecule has 1 aliphatic carbocycles. The first-order chi connectivity index (χ1) is 10.9. The third-order valence-corrected chi connectivity index (χ3v) is 4.13. The number of aromatic nitrogens is 3. The monoisotopic (exact) mass is 293 g/mol. The first-order valence-corrected chi connectivity index (χ1v) is 8.00. The summed E-state index contributed by atoms with van der Waals surface area (Å²) in [5.74, 6) is 7.15. The summed E-state index contributed by atoms with van der Waals surface area (Å²) in [4.78, 5) is 0. The lowest BCUT2D eigenvalue weighted by atomic mass is 10.1. The van der Waals surface area contributed by atoms with Gasteiger partial charge in [0.2, 0.25) is 0 Å². The molecule has 0 bridgehead atoms. The Morgan fingerprint density at radius 3 is 2.77 bits per heavy atom. The lowest BCUT2D eigenvalue weighted by Crippen LogP contribution is -2.15. The summed E-state index contributed by atoms with van der Waals surface area (Å²) < 4.78 is 7.52. The maximum Gasteiger partial charge on any atom is 0.113 e. The first-order valence-electron chi connectivity index (χ1n) is 8.00. The molecule has 4 rings (SSSR count). The van der Waals surface area contributed by atoms with Crippen LogP contribution in [0, 0.1) is 17.8 Å². The Morgan fingerprint density at radius 1 is 1.18 bits per heavy atom. The highest BCUT2D eigenvalue weighted by Gasteiger charge is 2.18. The minimum atomic E-state index is 0.287. The molecule has 4 heteroatoms. The largest absolute Gasteiger partial charge is 0.376 e. The maximum absolute atomic E-state index is 5.63. The molecule has 0 amide bonds. The van der Waals surface area contributed by atoms with Gasteiger partial charge in [-0.3, -0.25) is 0 Å². The van der Waals surface area contributed by atoms with Crippen molar-refractivity contribution in [1.82, 2.24) is 15.0 Å². The molecule has 112 valence electrons. The van der Waals surface area contributed by atoms with E-state index < -0.39 is 0 Å². The quantitative estimate of drug-likeness (QED) is 0.817. The van der Waals surface area contributed by atoms with Gasteiger partial charge in [-0.25, -0.2) is 4.68 Å². The van der Waals surface area contributed by atoms with Crippen LogP contribution in [-0.2, 0) is 11.3 Å². The molecule has 1 saturated carbocycles. The Labute approximate surface area is 130 Å². The molecule has 1 aromatic carbocycles. The van der Waals surface area contributed by atoms with Crippen molar-refractivity contribution in [3.8, 4) is 23.1 Å². The molecule has 1 aliphatic heterocycles. The molecule has 2 fully saturated rings. The van der Waals surface area contributed by atoms with Gasteiger partial charge in [-0.15, -0.1) is 5.10 Å².